The summed E-state index contributed by atoms with van der Waals surface area (Å²) < 4.78 is 5.85. The van der Waals surface area contributed by atoms with Crippen LogP contribution in [0.25, 0.3) is 0 Å². The van der Waals surface area contributed by atoms with E-state index in [4.69, 9.17) is 4.74 Å². The summed E-state index contributed by atoms with van der Waals surface area (Å²) in [5, 5.41) is 0. The summed E-state index contributed by atoms with van der Waals surface area (Å²) in [6.45, 7) is 8.49. The normalized spacial score (nSPS) is 22.1. The van der Waals surface area contributed by atoms with Gasteiger partial charge < -0.3 is 4.74 Å². The van der Waals surface area contributed by atoms with Gasteiger partial charge in [0.25, 0.3) is 0 Å². The van der Waals surface area contributed by atoms with Crippen LogP contribution in [0.4, 0.5) is 0 Å². The highest BCUT2D eigenvalue weighted by Crippen LogP contribution is 2.30. The van der Waals surface area contributed by atoms with Gasteiger partial charge in [-0.3, -0.25) is 0 Å². The molecule has 1 aromatic carbocycles. The third-order valence-electron chi connectivity index (χ3n) is 3.10. The van der Waals surface area contributed by atoms with Crippen LogP contribution in [-0.2, 0) is 6.42 Å². The molecular weight excluding hydrogens is 208 g/mol. The standard InChI is InChI=1S/C14H20O.C2H6/c1-3-4-12-5-7-13(8-6-12)15-14-9-11(2)10-14;1-2/h5-8,11,14H,3-4,9-10H2,1-2H3;1-2H3. The molecule has 0 aromatic heterocycles. The molecule has 0 bridgehead atoms. The Bertz CT molecular complexity index is 296. The Morgan fingerprint density at radius 3 is 2.18 bits per heavy atom. The van der Waals surface area contributed by atoms with E-state index in [9.17, 15) is 0 Å². The van der Waals surface area contributed by atoms with Gasteiger partial charge >= 0.3 is 0 Å². The molecule has 0 unspecified atom stereocenters. The molecule has 1 saturated carbocycles. The molecular formula is C16H26O. The molecule has 1 aliphatic rings. The first kappa shape index (κ1) is 14.1. The van der Waals surface area contributed by atoms with Gasteiger partial charge in [-0.2, -0.15) is 0 Å². The molecule has 0 spiro atoms. The molecule has 2 rings (SSSR count). The van der Waals surface area contributed by atoms with Crippen molar-refractivity contribution in [2.75, 3.05) is 0 Å². The smallest absolute Gasteiger partial charge is 0.119 e. The van der Waals surface area contributed by atoms with Gasteiger partial charge in [-0.1, -0.05) is 46.2 Å². The first-order chi connectivity index (χ1) is 8.28. The average molecular weight is 234 g/mol. The van der Waals surface area contributed by atoms with Crippen LogP contribution in [0.2, 0.25) is 0 Å². The Hall–Kier alpha value is -0.980. The van der Waals surface area contributed by atoms with Crippen molar-refractivity contribution in [2.45, 2.75) is 59.5 Å². The number of rotatable bonds is 4. The lowest BCUT2D eigenvalue weighted by Gasteiger charge is -2.32. The van der Waals surface area contributed by atoms with Crippen molar-refractivity contribution in [3.63, 3.8) is 0 Å². The topological polar surface area (TPSA) is 9.23 Å². The first-order valence-electron chi connectivity index (χ1n) is 7.03. The Morgan fingerprint density at radius 1 is 1.12 bits per heavy atom. The second kappa shape index (κ2) is 7.37. The number of benzene rings is 1. The minimum Gasteiger partial charge on any atom is -0.490 e. The minimum atomic E-state index is 0.469. The predicted molar refractivity (Wildman–Crippen MR) is 74.6 cm³/mol. The summed E-state index contributed by atoms with van der Waals surface area (Å²) in [7, 11) is 0. The summed E-state index contributed by atoms with van der Waals surface area (Å²) in [5.74, 6) is 1.89. The molecule has 0 amide bonds. The second-order valence-electron chi connectivity index (χ2n) is 4.71. The van der Waals surface area contributed by atoms with Gasteiger partial charge in [0.05, 0.1) is 6.10 Å². The van der Waals surface area contributed by atoms with E-state index in [0.717, 1.165) is 11.7 Å². The van der Waals surface area contributed by atoms with Crippen LogP contribution in [0, 0.1) is 5.92 Å². The van der Waals surface area contributed by atoms with Crippen molar-refractivity contribution in [2.24, 2.45) is 5.92 Å². The molecule has 96 valence electrons. The number of hydrogen-bond donors (Lipinski definition) is 0. The van der Waals surface area contributed by atoms with E-state index in [0.29, 0.717) is 6.10 Å². The summed E-state index contributed by atoms with van der Waals surface area (Å²) >= 11 is 0. The van der Waals surface area contributed by atoms with Gasteiger partial charge in [-0.05, 0) is 42.9 Å². The molecule has 0 N–H and O–H groups in total. The molecule has 0 saturated heterocycles. The summed E-state index contributed by atoms with van der Waals surface area (Å²) in [5.41, 5.74) is 1.41. The molecule has 1 heteroatoms. The quantitative estimate of drug-likeness (QED) is 0.724. The van der Waals surface area contributed by atoms with Gasteiger partial charge in [0.15, 0.2) is 0 Å². The van der Waals surface area contributed by atoms with Crippen LogP contribution in [-0.4, -0.2) is 6.10 Å². The average Bonchev–Trinajstić information content (AvgIpc) is 2.33. The summed E-state index contributed by atoms with van der Waals surface area (Å²) in [4.78, 5) is 0. The van der Waals surface area contributed by atoms with E-state index in [1.807, 2.05) is 13.8 Å². The van der Waals surface area contributed by atoms with Crippen LogP contribution in [0.15, 0.2) is 24.3 Å². The molecule has 0 aliphatic heterocycles. The van der Waals surface area contributed by atoms with E-state index in [1.54, 1.807) is 0 Å². The fraction of sp³-hybridized carbons (Fsp3) is 0.625. The SMILES string of the molecule is CC.CCCc1ccc(OC2CC(C)C2)cc1. The largest absolute Gasteiger partial charge is 0.490 e. The van der Waals surface area contributed by atoms with Gasteiger partial charge in [-0.15, -0.1) is 0 Å². The lowest BCUT2D eigenvalue weighted by molar-refractivity contribution is 0.0739. The minimum absolute atomic E-state index is 0.469. The molecule has 1 aliphatic carbocycles. The van der Waals surface area contributed by atoms with E-state index < -0.39 is 0 Å². The number of hydrogen-bond acceptors (Lipinski definition) is 1. The third-order valence-corrected chi connectivity index (χ3v) is 3.10. The van der Waals surface area contributed by atoms with Crippen molar-refractivity contribution in [3.8, 4) is 5.75 Å². The molecule has 0 heterocycles. The third kappa shape index (κ3) is 4.41. The number of aryl methyl sites for hydroxylation is 1. The Morgan fingerprint density at radius 2 is 1.71 bits per heavy atom. The summed E-state index contributed by atoms with van der Waals surface area (Å²) in [6.07, 6.45) is 5.28. The zero-order chi connectivity index (χ0) is 12.7. The van der Waals surface area contributed by atoms with Crippen LogP contribution in [0.5, 0.6) is 5.75 Å². The maximum atomic E-state index is 5.85. The van der Waals surface area contributed by atoms with E-state index in [1.165, 1.54) is 31.2 Å². The predicted octanol–water partition coefficient (Wildman–Crippen LogP) is 4.84. The van der Waals surface area contributed by atoms with Crippen LogP contribution >= 0.6 is 0 Å². The van der Waals surface area contributed by atoms with Crippen molar-refractivity contribution in [1.82, 2.24) is 0 Å². The molecule has 1 aromatic rings. The van der Waals surface area contributed by atoms with Crippen LogP contribution in [0.3, 0.4) is 0 Å². The van der Waals surface area contributed by atoms with Crippen molar-refractivity contribution in [3.05, 3.63) is 29.8 Å². The number of ether oxygens (including phenoxy) is 1. The lowest BCUT2D eigenvalue weighted by Crippen LogP contribution is -2.31. The molecule has 1 fully saturated rings. The molecule has 1 nitrogen and oxygen atoms in total. The maximum absolute atomic E-state index is 5.85. The van der Waals surface area contributed by atoms with E-state index in [-0.39, 0.29) is 0 Å². The monoisotopic (exact) mass is 234 g/mol. The second-order valence-corrected chi connectivity index (χ2v) is 4.71. The Labute approximate surface area is 106 Å². The van der Waals surface area contributed by atoms with Gasteiger partial charge in [0, 0.05) is 0 Å². The van der Waals surface area contributed by atoms with E-state index in [2.05, 4.69) is 38.1 Å². The first-order valence-corrected chi connectivity index (χ1v) is 7.03. The highest BCUT2D eigenvalue weighted by Gasteiger charge is 2.26. The lowest BCUT2D eigenvalue weighted by atomic mass is 9.84. The zero-order valence-corrected chi connectivity index (χ0v) is 11.7. The Kier molecular flexibility index (Phi) is 6.10. The van der Waals surface area contributed by atoms with Crippen LogP contribution in [0.1, 0.15) is 52.5 Å². The van der Waals surface area contributed by atoms with Crippen molar-refractivity contribution < 1.29 is 4.74 Å². The maximum Gasteiger partial charge on any atom is 0.119 e. The van der Waals surface area contributed by atoms with Crippen LogP contribution < -0.4 is 4.74 Å². The van der Waals surface area contributed by atoms with Gasteiger partial charge in [0.2, 0.25) is 0 Å². The zero-order valence-electron chi connectivity index (χ0n) is 11.7. The molecule has 0 atom stereocenters. The summed E-state index contributed by atoms with van der Waals surface area (Å²) in [6, 6.07) is 8.57. The highest BCUT2D eigenvalue weighted by molar-refractivity contribution is 5.27. The molecule has 0 radical (unpaired) electrons. The Balaban J connectivity index is 0.000000686. The van der Waals surface area contributed by atoms with Crippen molar-refractivity contribution >= 4 is 0 Å². The highest BCUT2D eigenvalue weighted by atomic mass is 16.5. The van der Waals surface area contributed by atoms with Gasteiger partial charge in [0.1, 0.15) is 5.75 Å². The van der Waals surface area contributed by atoms with E-state index >= 15 is 0 Å². The van der Waals surface area contributed by atoms with Gasteiger partial charge in [-0.25, -0.2) is 0 Å². The fourth-order valence-electron chi connectivity index (χ4n) is 2.14. The fourth-order valence-corrected chi connectivity index (χ4v) is 2.14. The molecule has 17 heavy (non-hydrogen) atoms. The van der Waals surface area contributed by atoms with Crippen molar-refractivity contribution in [1.29, 1.82) is 0 Å².